The van der Waals surface area contributed by atoms with Gasteiger partial charge in [-0.05, 0) is 80.0 Å². The Morgan fingerprint density at radius 2 is 1.65 bits per heavy atom. The van der Waals surface area contributed by atoms with Crippen LogP contribution in [-0.2, 0) is 9.47 Å². The minimum Gasteiger partial charge on any atom is -0.380 e. The van der Waals surface area contributed by atoms with Crippen LogP contribution >= 0.6 is 0 Å². The highest BCUT2D eigenvalue weighted by Crippen LogP contribution is 2.73. The lowest BCUT2D eigenvalue weighted by Crippen LogP contribution is -2.43. The van der Waals surface area contributed by atoms with Gasteiger partial charge in [-0.15, -0.1) is 0 Å². The summed E-state index contributed by atoms with van der Waals surface area (Å²) >= 11 is 0. The second kappa shape index (κ2) is 5.21. The van der Waals surface area contributed by atoms with Crippen molar-refractivity contribution >= 4 is 0 Å². The minimum absolute atomic E-state index is 0.570. The Morgan fingerprint density at radius 1 is 0.913 bits per heavy atom. The van der Waals surface area contributed by atoms with E-state index in [0.717, 1.165) is 66.8 Å². The van der Waals surface area contributed by atoms with E-state index in [1.807, 2.05) is 13.8 Å². The molecule has 9 atom stereocenters. The Morgan fingerprint density at radius 3 is 2.30 bits per heavy atom. The van der Waals surface area contributed by atoms with E-state index in [-0.39, 0.29) is 0 Å². The molecule has 2 heteroatoms. The zero-order chi connectivity index (χ0) is 15.8. The highest BCUT2D eigenvalue weighted by molar-refractivity contribution is 5.20. The third-order valence-electron chi connectivity index (χ3n) is 8.82. The maximum atomic E-state index is 5.98. The first-order valence-corrected chi connectivity index (χ1v) is 10.5. The van der Waals surface area contributed by atoms with Crippen molar-refractivity contribution in [3.63, 3.8) is 0 Å². The van der Waals surface area contributed by atoms with Gasteiger partial charge in [0.15, 0.2) is 0 Å². The molecule has 6 fully saturated rings. The van der Waals surface area contributed by atoms with Crippen LogP contribution in [0.1, 0.15) is 59.3 Å². The molecule has 6 rings (SSSR count). The SMILES string of the molecule is CC.CCC1(CCC2CC3CC2C2C4CC(C5OC45)C32)COC1. The lowest BCUT2D eigenvalue weighted by Gasteiger charge is -2.43. The number of hydrogen-bond donors (Lipinski definition) is 0. The van der Waals surface area contributed by atoms with E-state index in [0.29, 0.717) is 5.41 Å². The van der Waals surface area contributed by atoms with Crippen LogP contribution in [0, 0.1) is 46.8 Å². The van der Waals surface area contributed by atoms with Gasteiger partial charge < -0.3 is 9.47 Å². The quantitative estimate of drug-likeness (QED) is 0.561. The number of hydrogen-bond acceptors (Lipinski definition) is 2. The fraction of sp³-hybridized carbons (Fsp3) is 1.00. The monoisotopic (exact) mass is 318 g/mol. The van der Waals surface area contributed by atoms with Gasteiger partial charge in [0.25, 0.3) is 0 Å². The molecule has 2 nitrogen and oxygen atoms in total. The number of epoxide rings is 1. The molecule has 0 spiro atoms. The predicted molar refractivity (Wildman–Crippen MR) is 91.1 cm³/mol. The van der Waals surface area contributed by atoms with Crippen LogP contribution in [0.4, 0.5) is 0 Å². The van der Waals surface area contributed by atoms with E-state index >= 15 is 0 Å². The number of ether oxygens (including phenoxy) is 2. The normalized spacial score (nSPS) is 55.7. The first-order chi connectivity index (χ1) is 11.3. The van der Waals surface area contributed by atoms with E-state index < -0.39 is 0 Å². The van der Waals surface area contributed by atoms with Gasteiger partial charge in [-0.1, -0.05) is 20.8 Å². The second-order valence-electron chi connectivity index (χ2n) is 9.32. The lowest BCUT2D eigenvalue weighted by molar-refractivity contribution is -0.122. The maximum absolute atomic E-state index is 5.98. The molecule has 0 amide bonds. The molecule has 4 aliphatic carbocycles. The van der Waals surface area contributed by atoms with Crippen molar-refractivity contribution in [2.75, 3.05) is 13.2 Å². The van der Waals surface area contributed by atoms with Gasteiger partial charge >= 0.3 is 0 Å². The van der Waals surface area contributed by atoms with Crippen LogP contribution in [0.15, 0.2) is 0 Å². The van der Waals surface area contributed by atoms with Crippen molar-refractivity contribution in [1.29, 1.82) is 0 Å². The summed E-state index contributed by atoms with van der Waals surface area (Å²) in [6.07, 6.45) is 10.4. The Labute approximate surface area is 141 Å². The average molecular weight is 319 g/mol. The molecule has 4 bridgehead atoms. The molecule has 2 saturated heterocycles. The third kappa shape index (κ3) is 1.94. The molecule has 130 valence electrons. The van der Waals surface area contributed by atoms with Gasteiger partial charge in [0.1, 0.15) is 0 Å². The van der Waals surface area contributed by atoms with Crippen molar-refractivity contribution in [3.8, 4) is 0 Å². The van der Waals surface area contributed by atoms with Gasteiger partial charge in [0.2, 0.25) is 0 Å². The first kappa shape index (κ1) is 15.2. The molecule has 0 radical (unpaired) electrons. The highest BCUT2D eigenvalue weighted by Gasteiger charge is 2.73. The summed E-state index contributed by atoms with van der Waals surface area (Å²) in [5.41, 5.74) is 0.570. The second-order valence-corrected chi connectivity index (χ2v) is 9.32. The van der Waals surface area contributed by atoms with Gasteiger partial charge in [-0.25, -0.2) is 0 Å². The van der Waals surface area contributed by atoms with Crippen LogP contribution < -0.4 is 0 Å². The molecule has 0 aromatic rings. The Balaban J connectivity index is 0.000000587. The lowest BCUT2D eigenvalue weighted by atomic mass is 9.65. The fourth-order valence-electron chi connectivity index (χ4n) is 7.72. The van der Waals surface area contributed by atoms with Crippen molar-refractivity contribution in [1.82, 2.24) is 0 Å². The molecule has 2 aliphatic heterocycles. The molecule has 0 aromatic heterocycles. The topological polar surface area (TPSA) is 21.8 Å². The van der Waals surface area contributed by atoms with Crippen LogP contribution in [0.25, 0.3) is 0 Å². The molecule has 2 heterocycles. The van der Waals surface area contributed by atoms with E-state index in [9.17, 15) is 0 Å². The van der Waals surface area contributed by atoms with Gasteiger partial charge in [0, 0.05) is 5.41 Å². The summed E-state index contributed by atoms with van der Waals surface area (Å²) in [6.45, 7) is 8.44. The van der Waals surface area contributed by atoms with E-state index in [1.54, 1.807) is 12.8 Å². The standard InChI is InChI=1S/C19H28O2.C2H6/c1-2-19(8-20-9-19)4-3-10-5-11-6-12(10)16-14-7-13(15(11)16)17-18(14)21-17;1-2/h10-18H,2-9H2,1H3;1-2H3. The van der Waals surface area contributed by atoms with Crippen LogP contribution in [-0.4, -0.2) is 25.4 Å². The van der Waals surface area contributed by atoms with E-state index in [4.69, 9.17) is 9.47 Å². The Hall–Kier alpha value is -0.0800. The average Bonchev–Trinajstić information content (AvgIpc) is 2.91. The van der Waals surface area contributed by atoms with Crippen LogP contribution in [0.2, 0.25) is 0 Å². The summed E-state index contributed by atoms with van der Waals surface area (Å²) in [7, 11) is 0. The third-order valence-corrected chi connectivity index (χ3v) is 8.82. The molecule has 23 heavy (non-hydrogen) atoms. The molecule has 6 aliphatic rings. The minimum atomic E-state index is 0.570. The fourth-order valence-corrected chi connectivity index (χ4v) is 7.72. The predicted octanol–water partition coefficient (Wildman–Crippen LogP) is 4.52. The summed E-state index contributed by atoms with van der Waals surface area (Å²) < 4.78 is 11.5. The Bertz CT molecular complexity index is 465. The van der Waals surface area contributed by atoms with E-state index in [1.165, 1.54) is 25.7 Å². The summed E-state index contributed by atoms with van der Waals surface area (Å²) in [5, 5.41) is 0. The maximum Gasteiger partial charge on any atom is 0.0875 e. The van der Waals surface area contributed by atoms with Gasteiger partial charge in [-0.3, -0.25) is 0 Å². The molecule has 0 N–H and O–H groups in total. The summed E-state index contributed by atoms with van der Waals surface area (Å²) in [6, 6.07) is 0. The number of rotatable bonds is 4. The van der Waals surface area contributed by atoms with Crippen molar-refractivity contribution < 1.29 is 9.47 Å². The molecule has 9 unspecified atom stereocenters. The molecule has 4 saturated carbocycles. The van der Waals surface area contributed by atoms with E-state index in [2.05, 4.69) is 6.92 Å². The molecular formula is C21H34O2. The van der Waals surface area contributed by atoms with Crippen molar-refractivity contribution in [2.45, 2.75) is 71.5 Å². The van der Waals surface area contributed by atoms with Crippen LogP contribution in [0.3, 0.4) is 0 Å². The highest BCUT2D eigenvalue weighted by atomic mass is 16.6. The molecule has 0 aromatic carbocycles. The molecular weight excluding hydrogens is 284 g/mol. The van der Waals surface area contributed by atoms with Gasteiger partial charge in [-0.2, -0.15) is 0 Å². The van der Waals surface area contributed by atoms with Gasteiger partial charge in [0.05, 0.1) is 25.4 Å². The summed E-state index contributed by atoms with van der Waals surface area (Å²) in [4.78, 5) is 0. The van der Waals surface area contributed by atoms with Crippen molar-refractivity contribution in [2.24, 2.45) is 46.8 Å². The Kier molecular flexibility index (Phi) is 3.44. The van der Waals surface area contributed by atoms with Crippen LogP contribution in [0.5, 0.6) is 0 Å². The first-order valence-electron chi connectivity index (χ1n) is 10.5. The number of fused-ring (bicyclic) bond motifs is 12. The van der Waals surface area contributed by atoms with Crippen molar-refractivity contribution in [3.05, 3.63) is 0 Å². The zero-order valence-corrected chi connectivity index (χ0v) is 15.2. The zero-order valence-electron chi connectivity index (χ0n) is 15.2. The summed E-state index contributed by atoms with van der Waals surface area (Å²) in [5.74, 6) is 7.36. The smallest absolute Gasteiger partial charge is 0.0875 e. The largest absolute Gasteiger partial charge is 0.380 e.